The molecule has 0 aliphatic carbocycles. The molecule has 0 saturated heterocycles. The molecule has 3 rings (SSSR count). The first-order valence-electron chi connectivity index (χ1n) is 5.93. The van der Waals surface area contributed by atoms with Gasteiger partial charge in [-0.25, -0.2) is 4.98 Å². The third-order valence-corrected chi connectivity index (χ3v) is 3.02. The van der Waals surface area contributed by atoms with E-state index in [4.69, 9.17) is 0 Å². The van der Waals surface area contributed by atoms with Crippen LogP contribution in [-0.4, -0.2) is 14.5 Å². The number of hydrogen-bond acceptors (Lipinski definition) is 2. The van der Waals surface area contributed by atoms with Crippen molar-refractivity contribution in [3.05, 3.63) is 65.6 Å². The first-order chi connectivity index (χ1) is 8.72. The largest absolute Gasteiger partial charge is 0.504 e. The zero-order valence-corrected chi connectivity index (χ0v) is 10.2. The van der Waals surface area contributed by atoms with Gasteiger partial charge in [0.25, 0.3) is 0 Å². The minimum absolute atomic E-state index is 0.215. The summed E-state index contributed by atoms with van der Waals surface area (Å²) in [7, 11) is 0. The van der Waals surface area contributed by atoms with E-state index >= 15 is 0 Å². The van der Waals surface area contributed by atoms with Gasteiger partial charge in [0.2, 0.25) is 0 Å². The van der Waals surface area contributed by atoms with E-state index in [-0.39, 0.29) is 5.75 Å². The lowest BCUT2D eigenvalue weighted by atomic mass is 10.1. The Balaban J connectivity index is 1.95. The molecule has 2 heterocycles. The summed E-state index contributed by atoms with van der Waals surface area (Å²) in [5, 5.41) is 9.70. The number of hydrogen-bond donors (Lipinski definition) is 1. The summed E-state index contributed by atoms with van der Waals surface area (Å²) >= 11 is 0. The molecule has 2 aromatic heterocycles. The summed E-state index contributed by atoms with van der Waals surface area (Å²) in [5.74, 6) is 0.215. The number of benzene rings is 1. The molecule has 0 amide bonds. The Kier molecular flexibility index (Phi) is 2.52. The van der Waals surface area contributed by atoms with Crippen LogP contribution in [-0.2, 0) is 6.42 Å². The highest BCUT2D eigenvalue weighted by atomic mass is 16.3. The van der Waals surface area contributed by atoms with Gasteiger partial charge in [-0.05, 0) is 24.6 Å². The van der Waals surface area contributed by atoms with Gasteiger partial charge in [-0.3, -0.25) is 0 Å². The molecule has 0 spiro atoms. The normalized spacial score (nSPS) is 10.9. The fourth-order valence-corrected chi connectivity index (χ4v) is 2.05. The molecule has 1 aromatic carbocycles. The lowest BCUT2D eigenvalue weighted by Gasteiger charge is -1.98. The summed E-state index contributed by atoms with van der Waals surface area (Å²) in [6, 6.07) is 11.9. The fraction of sp³-hybridized carbons (Fsp3) is 0.133. The predicted molar refractivity (Wildman–Crippen MR) is 70.8 cm³/mol. The third-order valence-electron chi connectivity index (χ3n) is 3.02. The van der Waals surface area contributed by atoms with Crippen LogP contribution in [0.1, 0.15) is 16.8 Å². The minimum Gasteiger partial charge on any atom is -0.504 e. The van der Waals surface area contributed by atoms with Gasteiger partial charge in [-0.15, -0.1) is 0 Å². The lowest BCUT2D eigenvalue weighted by molar-refractivity contribution is 0.477. The maximum atomic E-state index is 9.70. The molecule has 0 bridgehead atoms. The maximum Gasteiger partial charge on any atom is 0.179 e. The van der Waals surface area contributed by atoms with Crippen LogP contribution in [0.15, 0.2) is 48.8 Å². The number of aromatic hydroxyl groups is 1. The van der Waals surface area contributed by atoms with Crippen LogP contribution in [0.2, 0.25) is 0 Å². The van der Waals surface area contributed by atoms with Crippen molar-refractivity contribution in [1.29, 1.82) is 0 Å². The third kappa shape index (κ3) is 1.95. The molecule has 3 aromatic rings. The molecule has 0 atom stereocenters. The molecule has 1 N–H and O–H groups in total. The summed E-state index contributed by atoms with van der Waals surface area (Å²) in [4.78, 5) is 4.44. The van der Waals surface area contributed by atoms with Crippen molar-refractivity contribution >= 4 is 5.65 Å². The number of nitrogens with zero attached hydrogens (tertiary/aromatic N) is 2. The molecule has 0 unspecified atom stereocenters. The second-order valence-electron chi connectivity index (χ2n) is 4.52. The quantitative estimate of drug-likeness (QED) is 0.745. The Hall–Kier alpha value is -2.29. The molecule has 3 nitrogen and oxygen atoms in total. The van der Waals surface area contributed by atoms with Crippen LogP contribution in [0.5, 0.6) is 5.75 Å². The number of aryl methyl sites for hydroxylation is 1. The van der Waals surface area contributed by atoms with E-state index in [1.54, 1.807) is 12.1 Å². The Morgan fingerprint density at radius 1 is 1.17 bits per heavy atom. The highest BCUT2D eigenvalue weighted by Crippen LogP contribution is 2.18. The number of fused-ring (bicyclic) bond motifs is 1. The van der Waals surface area contributed by atoms with Crippen molar-refractivity contribution in [2.45, 2.75) is 13.3 Å². The molecule has 0 saturated carbocycles. The van der Waals surface area contributed by atoms with Crippen LogP contribution in [0.25, 0.3) is 5.65 Å². The molecule has 0 radical (unpaired) electrons. The molecular weight excluding hydrogens is 224 g/mol. The molecule has 3 heteroatoms. The van der Waals surface area contributed by atoms with Crippen LogP contribution in [0, 0.1) is 6.92 Å². The van der Waals surface area contributed by atoms with Gasteiger partial charge in [0.05, 0.1) is 5.69 Å². The second-order valence-corrected chi connectivity index (χ2v) is 4.52. The van der Waals surface area contributed by atoms with E-state index in [1.165, 1.54) is 11.1 Å². The van der Waals surface area contributed by atoms with E-state index in [9.17, 15) is 5.11 Å². The highest BCUT2D eigenvalue weighted by Gasteiger charge is 2.05. The van der Waals surface area contributed by atoms with Crippen molar-refractivity contribution in [2.75, 3.05) is 0 Å². The molecular formula is C15H14N2O. The molecule has 18 heavy (non-hydrogen) atoms. The van der Waals surface area contributed by atoms with E-state index in [0.717, 1.165) is 12.1 Å². The Bertz CT molecular complexity index is 683. The minimum atomic E-state index is 0.215. The van der Waals surface area contributed by atoms with Crippen LogP contribution in [0.4, 0.5) is 0 Å². The van der Waals surface area contributed by atoms with Crippen molar-refractivity contribution in [1.82, 2.24) is 9.38 Å². The topological polar surface area (TPSA) is 37.5 Å². The zero-order chi connectivity index (χ0) is 12.5. The van der Waals surface area contributed by atoms with Gasteiger partial charge in [-0.2, -0.15) is 0 Å². The SMILES string of the molecule is Cc1ccc(Cc2cn3cccc(O)c3n2)cc1. The average molecular weight is 238 g/mol. The summed E-state index contributed by atoms with van der Waals surface area (Å²) in [6.45, 7) is 2.08. The van der Waals surface area contributed by atoms with Crippen molar-refractivity contribution < 1.29 is 5.11 Å². The van der Waals surface area contributed by atoms with Crippen molar-refractivity contribution in [2.24, 2.45) is 0 Å². The average Bonchev–Trinajstić information content (AvgIpc) is 2.76. The van der Waals surface area contributed by atoms with E-state index in [0.29, 0.717) is 5.65 Å². The van der Waals surface area contributed by atoms with Gasteiger partial charge in [0.15, 0.2) is 11.4 Å². The Labute approximate surface area is 105 Å². The number of rotatable bonds is 2. The molecule has 0 aliphatic heterocycles. The summed E-state index contributed by atoms with van der Waals surface area (Å²) < 4.78 is 1.85. The lowest BCUT2D eigenvalue weighted by Crippen LogP contribution is -1.87. The van der Waals surface area contributed by atoms with Gasteiger partial charge >= 0.3 is 0 Å². The van der Waals surface area contributed by atoms with Gasteiger partial charge in [0, 0.05) is 18.8 Å². The van der Waals surface area contributed by atoms with Crippen LogP contribution >= 0.6 is 0 Å². The first-order valence-corrected chi connectivity index (χ1v) is 5.93. The number of imidazole rings is 1. The monoisotopic (exact) mass is 238 g/mol. The second kappa shape index (κ2) is 4.18. The van der Waals surface area contributed by atoms with Crippen molar-refractivity contribution in [3.8, 4) is 5.75 Å². The predicted octanol–water partition coefficient (Wildman–Crippen LogP) is 2.94. The smallest absolute Gasteiger partial charge is 0.179 e. The van der Waals surface area contributed by atoms with E-state index in [2.05, 4.69) is 36.2 Å². The molecule has 0 aliphatic rings. The van der Waals surface area contributed by atoms with Gasteiger partial charge in [-0.1, -0.05) is 29.8 Å². The first kappa shape index (κ1) is 10.8. The highest BCUT2D eigenvalue weighted by molar-refractivity contribution is 5.53. The van der Waals surface area contributed by atoms with Gasteiger partial charge in [0.1, 0.15) is 0 Å². The standard InChI is InChI=1S/C15H14N2O/c1-11-4-6-12(7-5-11)9-13-10-17-8-2-3-14(18)15(17)16-13/h2-8,10,18H,9H2,1H3. The van der Waals surface area contributed by atoms with Crippen LogP contribution in [0.3, 0.4) is 0 Å². The van der Waals surface area contributed by atoms with Crippen molar-refractivity contribution in [3.63, 3.8) is 0 Å². The Morgan fingerprint density at radius 3 is 2.67 bits per heavy atom. The molecule has 90 valence electrons. The number of pyridine rings is 1. The summed E-state index contributed by atoms with van der Waals surface area (Å²) in [5.41, 5.74) is 4.05. The number of aromatic nitrogens is 2. The zero-order valence-electron chi connectivity index (χ0n) is 10.2. The van der Waals surface area contributed by atoms with E-state index in [1.807, 2.05) is 16.8 Å². The molecule has 0 fully saturated rings. The Morgan fingerprint density at radius 2 is 1.94 bits per heavy atom. The fourth-order valence-electron chi connectivity index (χ4n) is 2.05. The van der Waals surface area contributed by atoms with Gasteiger partial charge < -0.3 is 9.51 Å². The van der Waals surface area contributed by atoms with Crippen LogP contribution < -0.4 is 0 Å². The summed E-state index contributed by atoms with van der Waals surface area (Å²) in [6.07, 6.45) is 4.62. The van der Waals surface area contributed by atoms with E-state index < -0.39 is 0 Å². The maximum absolute atomic E-state index is 9.70.